The van der Waals surface area contributed by atoms with E-state index in [1.165, 1.54) is 18.3 Å². The summed E-state index contributed by atoms with van der Waals surface area (Å²) in [5, 5.41) is 7.09. The molecule has 1 fully saturated rings. The summed E-state index contributed by atoms with van der Waals surface area (Å²) in [5.74, 6) is -1.36. The Balaban J connectivity index is 1.85. The van der Waals surface area contributed by atoms with Gasteiger partial charge in [0.25, 0.3) is 5.56 Å². The summed E-state index contributed by atoms with van der Waals surface area (Å²) in [7, 11) is 0. The van der Waals surface area contributed by atoms with Crippen LogP contribution in [0.2, 0.25) is 0 Å². The fourth-order valence-corrected chi connectivity index (χ4v) is 1.93. The third-order valence-electron chi connectivity index (χ3n) is 3.19. The number of hydrogen-bond donors (Lipinski definition) is 1. The molecule has 0 radical (unpaired) electrons. The van der Waals surface area contributed by atoms with Crippen LogP contribution in [-0.4, -0.2) is 15.8 Å². The fourth-order valence-electron chi connectivity index (χ4n) is 1.93. The molecule has 104 valence electrons. The summed E-state index contributed by atoms with van der Waals surface area (Å²) in [4.78, 5) is 11.9. The van der Waals surface area contributed by atoms with Crippen LogP contribution in [0.5, 0.6) is 0 Å². The van der Waals surface area contributed by atoms with Crippen molar-refractivity contribution < 1.29 is 8.78 Å². The molecule has 1 N–H and O–H groups in total. The molecule has 1 aromatic heterocycles. The summed E-state index contributed by atoms with van der Waals surface area (Å²) in [6.45, 7) is -0.221. The van der Waals surface area contributed by atoms with E-state index >= 15 is 0 Å². The zero-order valence-corrected chi connectivity index (χ0v) is 10.6. The molecule has 1 aromatic carbocycles. The van der Waals surface area contributed by atoms with Crippen molar-refractivity contribution in [2.24, 2.45) is 0 Å². The van der Waals surface area contributed by atoms with E-state index in [0.29, 0.717) is 11.7 Å². The first-order valence-corrected chi connectivity index (χ1v) is 6.40. The van der Waals surface area contributed by atoms with Crippen molar-refractivity contribution >= 4 is 5.69 Å². The maximum absolute atomic E-state index is 13.5. The van der Waals surface area contributed by atoms with Crippen molar-refractivity contribution in [3.63, 3.8) is 0 Å². The van der Waals surface area contributed by atoms with Gasteiger partial charge in [-0.1, -0.05) is 6.07 Å². The normalized spacial score (nSPS) is 14.3. The standard InChI is InChI=1S/C14H13F2N3O/c15-12-2-1-3-13(16)11(12)8-19-14(20)6-10(7-17-19)18-9-4-5-9/h1-3,6-7,9,18H,4-5,8H2. The van der Waals surface area contributed by atoms with Crippen LogP contribution in [-0.2, 0) is 6.54 Å². The Morgan fingerprint density at radius 3 is 2.60 bits per heavy atom. The Morgan fingerprint density at radius 1 is 1.30 bits per heavy atom. The molecule has 1 heterocycles. The van der Waals surface area contributed by atoms with Gasteiger partial charge in [0.15, 0.2) is 0 Å². The quantitative estimate of drug-likeness (QED) is 0.931. The Bertz CT molecular complexity index is 675. The van der Waals surface area contributed by atoms with Crippen LogP contribution in [0.15, 0.2) is 35.3 Å². The predicted molar refractivity (Wildman–Crippen MR) is 70.6 cm³/mol. The molecular weight excluding hydrogens is 264 g/mol. The van der Waals surface area contributed by atoms with E-state index in [4.69, 9.17) is 0 Å². The molecule has 1 saturated carbocycles. The minimum Gasteiger partial charge on any atom is -0.381 e. The minimum absolute atomic E-state index is 0.162. The first-order valence-electron chi connectivity index (χ1n) is 6.40. The molecule has 0 aliphatic heterocycles. The number of nitrogens with zero attached hydrogens (tertiary/aromatic N) is 2. The van der Waals surface area contributed by atoms with Crippen LogP contribution in [0.4, 0.5) is 14.5 Å². The van der Waals surface area contributed by atoms with Crippen LogP contribution < -0.4 is 10.9 Å². The Hall–Kier alpha value is -2.24. The average Bonchev–Trinajstić information content (AvgIpc) is 3.20. The van der Waals surface area contributed by atoms with Gasteiger partial charge in [0.05, 0.1) is 18.4 Å². The summed E-state index contributed by atoms with van der Waals surface area (Å²) in [5.41, 5.74) is 0.0889. The monoisotopic (exact) mass is 277 g/mol. The highest BCUT2D eigenvalue weighted by atomic mass is 19.1. The van der Waals surface area contributed by atoms with Gasteiger partial charge in [0, 0.05) is 17.7 Å². The zero-order chi connectivity index (χ0) is 14.1. The largest absolute Gasteiger partial charge is 0.381 e. The molecule has 6 heteroatoms. The number of aromatic nitrogens is 2. The van der Waals surface area contributed by atoms with E-state index in [9.17, 15) is 13.6 Å². The summed E-state index contributed by atoms with van der Waals surface area (Å²) in [6, 6.07) is 5.41. The lowest BCUT2D eigenvalue weighted by atomic mass is 10.2. The van der Waals surface area contributed by atoms with Crippen molar-refractivity contribution in [3.8, 4) is 0 Å². The SMILES string of the molecule is O=c1cc(NC2CC2)cnn1Cc1c(F)cccc1F. The van der Waals surface area contributed by atoms with Crippen molar-refractivity contribution in [1.82, 2.24) is 9.78 Å². The second kappa shape index (κ2) is 5.03. The molecule has 2 aromatic rings. The van der Waals surface area contributed by atoms with Gasteiger partial charge in [-0.2, -0.15) is 5.10 Å². The average molecular weight is 277 g/mol. The number of hydrogen-bond acceptors (Lipinski definition) is 3. The van der Waals surface area contributed by atoms with Gasteiger partial charge in [0.1, 0.15) is 11.6 Å². The lowest BCUT2D eigenvalue weighted by Crippen LogP contribution is -2.24. The second-order valence-corrected chi connectivity index (χ2v) is 4.86. The van der Waals surface area contributed by atoms with Crippen molar-refractivity contribution in [1.29, 1.82) is 0 Å². The molecule has 0 atom stereocenters. The molecule has 0 spiro atoms. The molecule has 0 unspecified atom stereocenters. The smallest absolute Gasteiger partial charge is 0.269 e. The Kier molecular flexibility index (Phi) is 3.22. The van der Waals surface area contributed by atoms with E-state index < -0.39 is 17.2 Å². The van der Waals surface area contributed by atoms with E-state index in [2.05, 4.69) is 10.4 Å². The van der Waals surface area contributed by atoms with Crippen molar-refractivity contribution in [2.45, 2.75) is 25.4 Å². The van der Waals surface area contributed by atoms with Crippen LogP contribution in [0, 0.1) is 11.6 Å². The van der Waals surface area contributed by atoms with Crippen LogP contribution in [0.3, 0.4) is 0 Å². The van der Waals surface area contributed by atoms with E-state index in [0.717, 1.165) is 29.7 Å². The molecule has 4 nitrogen and oxygen atoms in total. The van der Waals surface area contributed by atoms with Gasteiger partial charge in [-0.3, -0.25) is 4.79 Å². The predicted octanol–water partition coefficient (Wildman–Crippen LogP) is 2.14. The topological polar surface area (TPSA) is 46.9 Å². The zero-order valence-electron chi connectivity index (χ0n) is 10.6. The lowest BCUT2D eigenvalue weighted by Gasteiger charge is -2.08. The van der Waals surface area contributed by atoms with Gasteiger partial charge < -0.3 is 5.32 Å². The number of rotatable bonds is 4. The third-order valence-corrected chi connectivity index (χ3v) is 3.19. The van der Waals surface area contributed by atoms with Gasteiger partial charge in [-0.05, 0) is 25.0 Å². The number of anilines is 1. The van der Waals surface area contributed by atoms with Crippen molar-refractivity contribution in [3.05, 3.63) is 58.0 Å². The van der Waals surface area contributed by atoms with Gasteiger partial charge in [-0.15, -0.1) is 0 Å². The molecule has 0 amide bonds. The van der Waals surface area contributed by atoms with E-state index in [-0.39, 0.29) is 12.1 Å². The molecule has 20 heavy (non-hydrogen) atoms. The maximum Gasteiger partial charge on any atom is 0.269 e. The summed E-state index contributed by atoms with van der Waals surface area (Å²) in [6.07, 6.45) is 3.67. The van der Waals surface area contributed by atoms with Crippen molar-refractivity contribution in [2.75, 3.05) is 5.32 Å². The van der Waals surface area contributed by atoms with E-state index in [1.807, 2.05) is 0 Å². The maximum atomic E-state index is 13.5. The molecular formula is C14H13F2N3O. The highest BCUT2D eigenvalue weighted by Crippen LogP contribution is 2.23. The lowest BCUT2D eigenvalue weighted by molar-refractivity contribution is 0.524. The fraction of sp³-hybridized carbons (Fsp3) is 0.286. The van der Waals surface area contributed by atoms with Crippen LogP contribution in [0.25, 0.3) is 0 Å². The number of nitrogens with one attached hydrogen (secondary N) is 1. The molecule has 0 saturated heterocycles. The molecule has 1 aliphatic rings. The highest BCUT2D eigenvalue weighted by Gasteiger charge is 2.21. The van der Waals surface area contributed by atoms with Gasteiger partial charge >= 0.3 is 0 Å². The van der Waals surface area contributed by atoms with Gasteiger partial charge in [-0.25, -0.2) is 13.5 Å². The van der Waals surface area contributed by atoms with Crippen LogP contribution >= 0.6 is 0 Å². The summed E-state index contributed by atoms with van der Waals surface area (Å²) < 4.78 is 28.1. The first kappa shape index (κ1) is 12.8. The summed E-state index contributed by atoms with van der Waals surface area (Å²) >= 11 is 0. The second-order valence-electron chi connectivity index (χ2n) is 4.86. The third kappa shape index (κ3) is 2.68. The molecule has 3 rings (SSSR count). The minimum atomic E-state index is -0.682. The number of benzene rings is 1. The Labute approximate surface area is 114 Å². The van der Waals surface area contributed by atoms with E-state index in [1.54, 1.807) is 0 Å². The Morgan fingerprint density at radius 2 is 2.00 bits per heavy atom. The molecule has 1 aliphatic carbocycles. The highest BCUT2D eigenvalue weighted by molar-refractivity contribution is 5.41. The molecule has 0 bridgehead atoms. The first-order chi connectivity index (χ1) is 9.63. The van der Waals surface area contributed by atoms with Crippen LogP contribution in [0.1, 0.15) is 18.4 Å². The number of halogens is 2. The van der Waals surface area contributed by atoms with Gasteiger partial charge in [0.2, 0.25) is 0 Å².